The number of methoxy groups -OCH3 is 2. The minimum absolute atomic E-state index is 0.0215. The standard InChI is InChI=1S/C20H24N2O7S/c1-22(13-20(23)21-14-5-7-16(26-2)18(11-14)27-3)30(24,25)15-6-8-17-19(12-15)29-10-4-9-28-17/h5-8,11-12H,4,9-10,13H2,1-3H3,(H,21,23). The van der Waals surface area contributed by atoms with Crippen molar-refractivity contribution in [2.75, 3.05) is 46.3 Å². The molecule has 1 aliphatic heterocycles. The van der Waals surface area contributed by atoms with Gasteiger partial charge in [-0.1, -0.05) is 0 Å². The Morgan fingerprint density at radius 2 is 1.73 bits per heavy atom. The second-order valence-corrected chi connectivity index (χ2v) is 8.58. The van der Waals surface area contributed by atoms with E-state index in [0.717, 1.165) is 4.31 Å². The molecule has 10 heteroatoms. The van der Waals surface area contributed by atoms with Gasteiger partial charge >= 0.3 is 0 Å². The molecule has 9 nitrogen and oxygen atoms in total. The fraction of sp³-hybridized carbons (Fsp3) is 0.350. The number of carbonyl (C=O) groups excluding carboxylic acids is 1. The number of amides is 1. The van der Waals surface area contributed by atoms with Gasteiger partial charge in [-0.25, -0.2) is 8.42 Å². The third-order valence-corrected chi connectivity index (χ3v) is 6.26. The molecule has 0 aliphatic carbocycles. The molecular weight excluding hydrogens is 412 g/mol. The summed E-state index contributed by atoms with van der Waals surface area (Å²) in [4.78, 5) is 12.4. The monoisotopic (exact) mass is 436 g/mol. The van der Waals surface area contributed by atoms with Gasteiger partial charge in [0.05, 0.1) is 38.9 Å². The van der Waals surface area contributed by atoms with Crippen molar-refractivity contribution < 1.29 is 32.2 Å². The fourth-order valence-corrected chi connectivity index (χ4v) is 4.03. The van der Waals surface area contributed by atoms with E-state index in [1.54, 1.807) is 24.3 Å². The van der Waals surface area contributed by atoms with Crippen LogP contribution in [-0.4, -0.2) is 59.7 Å². The highest BCUT2D eigenvalue weighted by Gasteiger charge is 2.25. The van der Waals surface area contributed by atoms with Gasteiger partial charge in [0.15, 0.2) is 23.0 Å². The van der Waals surface area contributed by atoms with Crippen molar-refractivity contribution in [2.45, 2.75) is 11.3 Å². The Kier molecular flexibility index (Phi) is 6.68. The molecule has 162 valence electrons. The van der Waals surface area contributed by atoms with Gasteiger partial charge in [-0.2, -0.15) is 4.31 Å². The number of hydrogen-bond acceptors (Lipinski definition) is 7. The fourth-order valence-electron chi connectivity index (χ4n) is 2.89. The Bertz CT molecular complexity index is 1020. The second-order valence-electron chi connectivity index (χ2n) is 6.54. The molecule has 0 unspecified atom stereocenters. The molecule has 0 saturated carbocycles. The molecule has 30 heavy (non-hydrogen) atoms. The third kappa shape index (κ3) is 4.77. The van der Waals surface area contributed by atoms with Crippen LogP contribution in [0.1, 0.15) is 6.42 Å². The zero-order valence-corrected chi connectivity index (χ0v) is 17.8. The lowest BCUT2D eigenvalue weighted by Gasteiger charge is -2.18. The zero-order valence-electron chi connectivity index (χ0n) is 17.0. The number of ether oxygens (including phenoxy) is 4. The van der Waals surface area contributed by atoms with Crippen molar-refractivity contribution >= 4 is 21.6 Å². The molecule has 1 amide bonds. The molecule has 2 aromatic rings. The summed E-state index contributed by atoms with van der Waals surface area (Å²) < 4.78 is 48.2. The Hall–Kier alpha value is -2.98. The van der Waals surface area contributed by atoms with E-state index in [2.05, 4.69) is 5.32 Å². The maximum atomic E-state index is 12.9. The molecule has 2 aromatic carbocycles. The average molecular weight is 436 g/mol. The second kappa shape index (κ2) is 9.23. The smallest absolute Gasteiger partial charge is 0.243 e. The first kappa shape index (κ1) is 21.7. The summed E-state index contributed by atoms with van der Waals surface area (Å²) in [6.45, 7) is 0.584. The Morgan fingerprint density at radius 3 is 2.43 bits per heavy atom. The maximum Gasteiger partial charge on any atom is 0.243 e. The molecule has 1 N–H and O–H groups in total. The van der Waals surface area contributed by atoms with Crippen LogP contribution in [0.4, 0.5) is 5.69 Å². The van der Waals surface area contributed by atoms with Crippen molar-refractivity contribution in [1.82, 2.24) is 4.31 Å². The van der Waals surface area contributed by atoms with Crippen LogP contribution >= 0.6 is 0 Å². The first-order valence-corrected chi connectivity index (χ1v) is 10.7. The van der Waals surface area contributed by atoms with Crippen molar-refractivity contribution in [3.05, 3.63) is 36.4 Å². The lowest BCUT2D eigenvalue weighted by atomic mass is 10.2. The Balaban J connectivity index is 1.71. The quantitative estimate of drug-likeness (QED) is 0.709. The van der Waals surface area contributed by atoms with Crippen molar-refractivity contribution in [2.24, 2.45) is 0 Å². The molecule has 0 radical (unpaired) electrons. The van der Waals surface area contributed by atoms with Crippen LogP contribution in [-0.2, 0) is 14.8 Å². The highest BCUT2D eigenvalue weighted by molar-refractivity contribution is 7.89. The number of likely N-dealkylation sites (N-methyl/N-ethyl adjacent to an activating group) is 1. The van der Waals surface area contributed by atoms with Crippen LogP contribution in [0.15, 0.2) is 41.3 Å². The van der Waals surface area contributed by atoms with Gasteiger partial charge in [0.25, 0.3) is 0 Å². The number of anilines is 1. The summed E-state index contributed by atoms with van der Waals surface area (Å²) in [5.74, 6) is 1.34. The van der Waals surface area contributed by atoms with Gasteiger partial charge < -0.3 is 24.3 Å². The number of hydrogen-bond donors (Lipinski definition) is 1. The van der Waals surface area contributed by atoms with E-state index in [-0.39, 0.29) is 11.4 Å². The average Bonchev–Trinajstić information content (AvgIpc) is 2.98. The van der Waals surface area contributed by atoms with Crippen molar-refractivity contribution in [3.8, 4) is 23.0 Å². The molecule has 1 heterocycles. The Labute approximate surface area is 175 Å². The summed E-state index contributed by atoms with van der Waals surface area (Å²) in [5.41, 5.74) is 0.457. The van der Waals surface area contributed by atoms with E-state index in [1.807, 2.05) is 0 Å². The van der Waals surface area contributed by atoms with Crippen LogP contribution in [0.3, 0.4) is 0 Å². The molecule has 0 spiro atoms. The van der Waals surface area contributed by atoms with E-state index < -0.39 is 15.9 Å². The van der Waals surface area contributed by atoms with E-state index in [4.69, 9.17) is 18.9 Å². The molecule has 0 bridgehead atoms. The molecule has 0 atom stereocenters. The number of carbonyl (C=O) groups is 1. The maximum absolute atomic E-state index is 12.9. The van der Waals surface area contributed by atoms with Crippen molar-refractivity contribution in [3.63, 3.8) is 0 Å². The van der Waals surface area contributed by atoms with Gasteiger partial charge in [-0.15, -0.1) is 0 Å². The topological polar surface area (TPSA) is 103 Å². The number of benzene rings is 2. The van der Waals surface area contributed by atoms with Crippen LogP contribution in [0, 0.1) is 0 Å². The van der Waals surface area contributed by atoms with Gasteiger partial charge in [0, 0.05) is 31.3 Å². The molecule has 0 saturated heterocycles. The summed E-state index contributed by atoms with van der Waals surface area (Å²) in [6, 6.07) is 9.29. The van der Waals surface area contributed by atoms with E-state index in [9.17, 15) is 13.2 Å². The predicted molar refractivity (Wildman–Crippen MR) is 110 cm³/mol. The molecule has 3 rings (SSSR count). The summed E-state index contributed by atoms with van der Waals surface area (Å²) in [6.07, 6.45) is 0.715. The summed E-state index contributed by atoms with van der Waals surface area (Å²) >= 11 is 0. The van der Waals surface area contributed by atoms with Crippen molar-refractivity contribution in [1.29, 1.82) is 0 Å². The predicted octanol–water partition coefficient (Wildman–Crippen LogP) is 2.12. The van der Waals surface area contributed by atoms with Crippen LogP contribution < -0.4 is 24.3 Å². The lowest BCUT2D eigenvalue weighted by Crippen LogP contribution is -2.35. The molecular formula is C20H24N2O7S. The molecule has 1 aliphatic rings. The number of nitrogens with one attached hydrogen (secondary N) is 1. The number of nitrogens with zero attached hydrogens (tertiary/aromatic N) is 1. The van der Waals surface area contributed by atoms with E-state index in [0.29, 0.717) is 48.3 Å². The van der Waals surface area contributed by atoms with Crippen LogP contribution in [0.5, 0.6) is 23.0 Å². The highest BCUT2D eigenvalue weighted by Crippen LogP contribution is 2.33. The lowest BCUT2D eigenvalue weighted by molar-refractivity contribution is -0.116. The first-order chi connectivity index (χ1) is 14.3. The first-order valence-electron chi connectivity index (χ1n) is 9.23. The number of sulfonamides is 1. The van der Waals surface area contributed by atoms with E-state index >= 15 is 0 Å². The van der Waals surface area contributed by atoms with Gasteiger partial charge in [-0.3, -0.25) is 4.79 Å². The number of rotatable bonds is 7. The number of fused-ring (bicyclic) bond motifs is 1. The normalized spacial score (nSPS) is 13.5. The third-order valence-electron chi connectivity index (χ3n) is 4.46. The Morgan fingerprint density at radius 1 is 1.03 bits per heavy atom. The highest BCUT2D eigenvalue weighted by atomic mass is 32.2. The SMILES string of the molecule is COc1ccc(NC(=O)CN(C)S(=O)(=O)c2ccc3c(c2)OCCCO3)cc1OC. The summed E-state index contributed by atoms with van der Waals surface area (Å²) in [5, 5.41) is 2.66. The molecule has 0 fully saturated rings. The van der Waals surface area contributed by atoms with Crippen LogP contribution in [0.2, 0.25) is 0 Å². The van der Waals surface area contributed by atoms with Gasteiger partial charge in [0.1, 0.15) is 0 Å². The van der Waals surface area contributed by atoms with E-state index in [1.165, 1.54) is 33.4 Å². The van der Waals surface area contributed by atoms with Gasteiger partial charge in [-0.05, 0) is 24.3 Å². The van der Waals surface area contributed by atoms with Crippen LogP contribution in [0.25, 0.3) is 0 Å². The minimum Gasteiger partial charge on any atom is -0.493 e. The molecule has 0 aromatic heterocycles. The largest absolute Gasteiger partial charge is 0.493 e. The minimum atomic E-state index is -3.90. The summed E-state index contributed by atoms with van der Waals surface area (Å²) in [7, 11) is 0.432. The van der Waals surface area contributed by atoms with Gasteiger partial charge in [0.2, 0.25) is 15.9 Å². The zero-order chi connectivity index (χ0) is 21.7.